The topological polar surface area (TPSA) is 79.3 Å². The number of halogens is 1. The van der Waals surface area contributed by atoms with Crippen molar-refractivity contribution in [3.8, 4) is 0 Å². The second-order valence-electron chi connectivity index (χ2n) is 8.38. The van der Waals surface area contributed by atoms with Gasteiger partial charge in [0.05, 0.1) is 25.3 Å². The number of likely N-dealkylation sites (N-methyl/N-ethyl adjacent to an activating group) is 1. The number of benzene rings is 2. The molecule has 2 N–H and O–H groups in total. The van der Waals surface area contributed by atoms with Crippen molar-refractivity contribution < 1.29 is 9.59 Å². The third kappa shape index (κ3) is 6.92. The molecular weight excluding hydrogens is 450 g/mol. The van der Waals surface area contributed by atoms with Crippen LogP contribution in [0.25, 0.3) is 0 Å². The van der Waals surface area contributed by atoms with Gasteiger partial charge in [-0.25, -0.2) is 0 Å². The van der Waals surface area contributed by atoms with E-state index in [1.807, 2.05) is 56.6 Å². The fourth-order valence-corrected chi connectivity index (χ4v) is 3.92. The second kappa shape index (κ2) is 11.8. The largest absolute Gasteiger partial charge is 0.351 e. The van der Waals surface area contributed by atoms with E-state index in [1.165, 1.54) is 5.56 Å². The van der Waals surface area contributed by atoms with Gasteiger partial charge in [-0.2, -0.15) is 5.10 Å². The van der Waals surface area contributed by atoms with Crippen molar-refractivity contribution in [1.82, 2.24) is 20.0 Å². The van der Waals surface area contributed by atoms with Crippen molar-refractivity contribution >= 4 is 29.1 Å². The zero-order chi connectivity index (χ0) is 24.7. The van der Waals surface area contributed by atoms with Crippen LogP contribution in [0.1, 0.15) is 35.0 Å². The molecule has 0 bridgehead atoms. The van der Waals surface area contributed by atoms with Crippen LogP contribution >= 0.6 is 11.6 Å². The van der Waals surface area contributed by atoms with E-state index < -0.39 is 0 Å². The Morgan fingerprint density at radius 3 is 2.44 bits per heavy atom. The van der Waals surface area contributed by atoms with Crippen molar-refractivity contribution in [2.75, 3.05) is 25.0 Å². The molecule has 2 aromatic carbocycles. The first-order valence-corrected chi connectivity index (χ1v) is 11.8. The van der Waals surface area contributed by atoms with Crippen LogP contribution in [0.5, 0.6) is 0 Å². The van der Waals surface area contributed by atoms with E-state index in [0.29, 0.717) is 30.3 Å². The number of rotatable bonds is 10. The minimum Gasteiger partial charge on any atom is -0.351 e. The van der Waals surface area contributed by atoms with Crippen LogP contribution in [0.2, 0.25) is 5.02 Å². The van der Waals surface area contributed by atoms with E-state index in [1.54, 1.807) is 17.0 Å². The maximum Gasteiger partial charge on any atom is 0.238 e. The SMILES string of the molecule is CCN(CC(=O)NCc1c(C)nn(Cc2ccccc2)c1C)CC(=O)Nc1cc(Cl)ccc1C. The van der Waals surface area contributed by atoms with Gasteiger partial charge in [0.25, 0.3) is 0 Å². The Bertz CT molecular complexity index is 1140. The van der Waals surface area contributed by atoms with Gasteiger partial charge in [-0.1, -0.05) is 54.9 Å². The summed E-state index contributed by atoms with van der Waals surface area (Å²) in [4.78, 5) is 26.9. The molecule has 0 aliphatic rings. The highest BCUT2D eigenvalue weighted by Crippen LogP contribution is 2.20. The Hall–Kier alpha value is -3.16. The Morgan fingerprint density at radius 2 is 1.74 bits per heavy atom. The molecule has 0 saturated heterocycles. The first kappa shape index (κ1) is 25.5. The van der Waals surface area contributed by atoms with Crippen LogP contribution in [0.4, 0.5) is 5.69 Å². The fraction of sp³-hybridized carbons (Fsp3) is 0.346. The van der Waals surface area contributed by atoms with Gasteiger partial charge in [-0.15, -0.1) is 0 Å². The number of nitrogens with zero attached hydrogens (tertiary/aromatic N) is 3. The quantitative estimate of drug-likeness (QED) is 0.457. The fourth-order valence-electron chi connectivity index (χ4n) is 3.75. The summed E-state index contributed by atoms with van der Waals surface area (Å²) in [5, 5.41) is 11.1. The number of hydrogen-bond donors (Lipinski definition) is 2. The lowest BCUT2D eigenvalue weighted by atomic mass is 10.2. The van der Waals surface area contributed by atoms with E-state index >= 15 is 0 Å². The molecule has 0 atom stereocenters. The minimum atomic E-state index is -0.186. The number of amides is 2. The Balaban J connectivity index is 1.53. The van der Waals surface area contributed by atoms with Crippen molar-refractivity contribution in [2.45, 2.75) is 40.8 Å². The van der Waals surface area contributed by atoms with Gasteiger partial charge in [0.1, 0.15) is 0 Å². The molecule has 7 nitrogen and oxygen atoms in total. The normalized spacial score (nSPS) is 11.0. The molecule has 3 rings (SSSR count). The molecule has 34 heavy (non-hydrogen) atoms. The average molecular weight is 482 g/mol. The van der Waals surface area contributed by atoms with Crippen molar-refractivity contribution in [2.24, 2.45) is 0 Å². The monoisotopic (exact) mass is 481 g/mol. The highest BCUT2D eigenvalue weighted by Gasteiger charge is 2.16. The average Bonchev–Trinajstić information content (AvgIpc) is 3.07. The highest BCUT2D eigenvalue weighted by atomic mass is 35.5. The molecule has 0 aliphatic heterocycles. The molecule has 1 heterocycles. The third-order valence-electron chi connectivity index (χ3n) is 5.82. The van der Waals surface area contributed by atoms with Crippen LogP contribution in [0, 0.1) is 20.8 Å². The zero-order valence-corrected chi connectivity index (χ0v) is 20.9. The molecule has 180 valence electrons. The summed E-state index contributed by atoms with van der Waals surface area (Å²) in [5.74, 6) is -0.322. The summed E-state index contributed by atoms with van der Waals surface area (Å²) in [6, 6.07) is 15.5. The number of anilines is 1. The summed E-state index contributed by atoms with van der Waals surface area (Å²) in [6.45, 7) is 9.71. The minimum absolute atomic E-state index is 0.114. The molecule has 0 unspecified atom stereocenters. The third-order valence-corrected chi connectivity index (χ3v) is 6.06. The van der Waals surface area contributed by atoms with Crippen LogP contribution in [-0.4, -0.2) is 46.1 Å². The molecule has 2 amide bonds. The second-order valence-corrected chi connectivity index (χ2v) is 8.82. The number of hydrogen-bond acceptors (Lipinski definition) is 4. The van der Waals surface area contributed by atoms with Crippen LogP contribution < -0.4 is 10.6 Å². The zero-order valence-electron chi connectivity index (χ0n) is 20.2. The first-order valence-electron chi connectivity index (χ1n) is 11.4. The van der Waals surface area contributed by atoms with Crippen LogP contribution in [0.15, 0.2) is 48.5 Å². The molecule has 0 fully saturated rings. The van der Waals surface area contributed by atoms with Gasteiger partial charge in [0.2, 0.25) is 11.8 Å². The lowest BCUT2D eigenvalue weighted by molar-refractivity contribution is -0.123. The molecule has 0 saturated carbocycles. The standard InChI is InChI=1S/C26H32ClN5O2/c1-5-31(17-26(34)29-24-13-22(27)12-11-18(24)2)16-25(33)28-14-23-19(3)30-32(20(23)4)15-21-9-7-6-8-10-21/h6-13H,5,14-17H2,1-4H3,(H,28,33)(H,29,34). The van der Waals surface area contributed by atoms with Gasteiger partial charge >= 0.3 is 0 Å². The first-order chi connectivity index (χ1) is 16.3. The highest BCUT2D eigenvalue weighted by molar-refractivity contribution is 6.31. The van der Waals surface area contributed by atoms with Gasteiger partial charge in [0, 0.05) is 28.5 Å². The summed E-state index contributed by atoms with van der Waals surface area (Å²) < 4.78 is 1.96. The Morgan fingerprint density at radius 1 is 1.03 bits per heavy atom. The van der Waals surface area contributed by atoms with E-state index in [2.05, 4.69) is 27.9 Å². The summed E-state index contributed by atoms with van der Waals surface area (Å²) in [7, 11) is 0. The van der Waals surface area contributed by atoms with Crippen molar-refractivity contribution in [1.29, 1.82) is 0 Å². The van der Waals surface area contributed by atoms with Gasteiger partial charge in [-0.05, 0) is 50.6 Å². The van der Waals surface area contributed by atoms with E-state index in [0.717, 1.165) is 22.5 Å². The number of carbonyl (C=O) groups is 2. The summed E-state index contributed by atoms with van der Waals surface area (Å²) in [6.07, 6.45) is 0. The van der Waals surface area contributed by atoms with Crippen LogP contribution in [0.3, 0.4) is 0 Å². The number of nitrogens with one attached hydrogen (secondary N) is 2. The van der Waals surface area contributed by atoms with E-state index in [4.69, 9.17) is 11.6 Å². The molecule has 8 heteroatoms. The van der Waals surface area contributed by atoms with E-state index in [-0.39, 0.29) is 24.9 Å². The Labute approximate surface area is 206 Å². The molecule has 0 radical (unpaired) electrons. The molecule has 1 aromatic heterocycles. The number of aromatic nitrogens is 2. The maximum absolute atomic E-state index is 12.6. The van der Waals surface area contributed by atoms with Gasteiger partial charge < -0.3 is 10.6 Å². The predicted molar refractivity (Wildman–Crippen MR) is 136 cm³/mol. The number of carbonyl (C=O) groups excluding carboxylic acids is 2. The molecule has 0 spiro atoms. The maximum atomic E-state index is 12.6. The van der Waals surface area contributed by atoms with Crippen molar-refractivity contribution in [3.05, 3.63) is 81.6 Å². The predicted octanol–water partition coefficient (Wildman–Crippen LogP) is 4.09. The van der Waals surface area contributed by atoms with Crippen LogP contribution in [-0.2, 0) is 22.7 Å². The number of aryl methyl sites for hydroxylation is 2. The van der Waals surface area contributed by atoms with Gasteiger partial charge in [-0.3, -0.25) is 19.2 Å². The van der Waals surface area contributed by atoms with Gasteiger partial charge in [0.15, 0.2) is 0 Å². The molecule has 0 aliphatic carbocycles. The molecular formula is C26H32ClN5O2. The lowest BCUT2D eigenvalue weighted by Crippen LogP contribution is -2.41. The Kier molecular flexibility index (Phi) is 8.85. The summed E-state index contributed by atoms with van der Waals surface area (Å²) >= 11 is 6.03. The summed E-state index contributed by atoms with van der Waals surface area (Å²) in [5.41, 5.74) is 5.73. The van der Waals surface area contributed by atoms with E-state index in [9.17, 15) is 9.59 Å². The molecule has 3 aromatic rings. The lowest BCUT2D eigenvalue weighted by Gasteiger charge is -2.20. The van der Waals surface area contributed by atoms with Crippen molar-refractivity contribution in [3.63, 3.8) is 0 Å². The smallest absolute Gasteiger partial charge is 0.238 e.